The van der Waals surface area contributed by atoms with Crippen molar-refractivity contribution in [2.75, 3.05) is 0 Å². The topological polar surface area (TPSA) is 52.5 Å². The molecule has 0 aliphatic heterocycles. The summed E-state index contributed by atoms with van der Waals surface area (Å²) in [5.74, 6) is 0. The van der Waals surface area contributed by atoms with Crippen LogP contribution >= 0.6 is 0 Å². The summed E-state index contributed by atoms with van der Waals surface area (Å²) >= 11 is 0. The van der Waals surface area contributed by atoms with Crippen LogP contribution in [0.5, 0.6) is 0 Å². The molecule has 0 N–H and O–H groups in total. The number of nitriles is 2. The van der Waals surface area contributed by atoms with Crippen molar-refractivity contribution in [3.05, 3.63) is 175 Å². The molecule has 0 atom stereocenters. The maximum Gasteiger partial charge on any atom is 0.101 e. The SMILES string of the molecule is N#Cc1ccccc1-c1ccc2c(c1)c1ccccc1n2-c1cc(-c2cc(-c3ccccc3)cc(-c3ccccc3)c2)ccc1C#N. The molecule has 0 saturated carbocycles. The van der Waals surface area contributed by atoms with Gasteiger partial charge >= 0.3 is 0 Å². The largest absolute Gasteiger partial charge is 0.308 e. The Balaban J connectivity index is 1.35. The van der Waals surface area contributed by atoms with Crippen LogP contribution in [-0.4, -0.2) is 4.57 Å². The molecule has 8 aromatic rings. The Kier molecular flexibility index (Phi) is 6.92. The number of para-hydroxylation sites is 1. The monoisotopic (exact) mass is 597 g/mol. The molecule has 0 radical (unpaired) electrons. The van der Waals surface area contributed by atoms with Gasteiger partial charge in [0.2, 0.25) is 0 Å². The standard InChI is InChI=1S/C44H27N3/c45-28-34-15-7-8-16-39(34)33-21-22-43-41(26-33)40-17-9-10-18-42(40)47(43)44-27-32(19-20-35(44)29-46)38-24-36(30-11-3-1-4-12-30)23-37(25-38)31-13-5-2-6-14-31/h1-27H. The van der Waals surface area contributed by atoms with Crippen LogP contribution in [-0.2, 0) is 0 Å². The number of nitrogens with zero attached hydrogens (tertiary/aromatic N) is 3. The van der Waals surface area contributed by atoms with Crippen LogP contribution in [0, 0.1) is 22.7 Å². The quantitative estimate of drug-likeness (QED) is 0.198. The molecule has 47 heavy (non-hydrogen) atoms. The van der Waals surface area contributed by atoms with E-state index in [1.165, 1.54) is 0 Å². The number of rotatable bonds is 5. The Morgan fingerprint density at radius 3 is 1.60 bits per heavy atom. The Hall–Kier alpha value is -6.68. The molecule has 1 heterocycles. The van der Waals surface area contributed by atoms with Gasteiger partial charge in [0.25, 0.3) is 0 Å². The molecule has 1 aromatic heterocycles. The van der Waals surface area contributed by atoms with Gasteiger partial charge in [0, 0.05) is 10.8 Å². The van der Waals surface area contributed by atoms with Gasteiger partial charge in [-0.1, -0.05) is 109 Å². The van der Waals surface area contributed by atoms with Crippen LogP contribution in [0.1, 0.15) is 11.1 Å². The predicted molar refractivity (Wildman–Crippen MR) is 192 cm³/mol. The Labute approximate surface area is 273 Å². The normalized spacial score (nSPS) is 10.9. The van der Waals surface area contributed by atoms with E-state index in [0.29, 0.717) is 11.1 Å². The second-order valence-electron chi connectivity index (χ2n) is 11.6. The van der Waals surface area contributed by atoms with Gasteiger partial charge in [-0.15, -0.1) is 0 Å². The van der Waals surface area contributed by atoms with Gasteiger partial charge in [-0.05, 0) is 99.1 Å². The number of aromatic nitrogens is 1. The van der Waals surface area contributed by atoms with Gasteiger partial charge in [-0.2, -0.15) is 10.5 Å². The van der Waals surface area contributed by atoms with E-state index in [1.807, 2.05) is 60.7 Å². The Morgan fingerprint density at radius 1 is 0.362 bits per heavy atom. The number of hydrogen-bond acceptors (Lipinski definition) is 2. The maximum absolute atomic E-state index is 10.4. The van der Waals surface area contributed by atoms with Crippen molar-refractivity contribution < 1.29 is 0 Å². The highest BCUT2D eigenvalue weighted by atomic mass is 15.0. The fraction of sp³-hybridized carbons (Fsp3) is 0. The summed E-state index contributed by atoms with van der Waals surface area (Å²) in [5.41, 5.74) is 12.6. The van der Waals surface area contributed by atoms with Crippen LogP contribution < -0.4 is 0 Å². The zero-order valence-electron chi connectivity index (χ0n) is 25.4. The first-order valence-electron chi connectivity index (χ1n) is 15.6. The number of fused-ring (bicyclic) bond motifs is 3. The van der Waals surface area contributed by atoms with Crippen molar-refractivity contribution in [3.63, 3.8) is 0 Å². The van der Waals surface area contributed by atoms with Crippen LogP contribution in [0.2, 0.25) is 0 Å². The van der Waals surface area contributed by atoms with Crippen LogP contribution in [0.25, 0.3) is 72.0 Å². The lowest BCUT2D eigenvalue weighted by atomic mass is 9.93. The minimum absolute atomic E-state index is 0.595. The molecule has 218 valence electrons. The van der Waals surface area contributed by atoms with E-state index in [2.05, 4.69) is 120 Å². The molecule has 3 heteroatoms. The summed E-state index contributed by atoms with van der Waals surface area (Å²) in [7, 11) is 0. The average Bonchev–Trinajstić information content (AvgIpc) is 3.48. The third-order valence-corrected chi connectivity index (χ3v) is 8.87. The molecule has 0 aliphatic carbocycles. The van der Waals surface area contributed by atoms with Gasteiger partial charge < -0.3 is 4.57 Å². The lowest BCUT2D eigenvalue weighted by Crippen LogP contribution is -1.98. The third kappa shape index (κ3) is 4.94. The second kappa shape index (κ2) is 11.7. The average molecular weight is 598 g/mol. The van der Waals surface area contributed by atoms with E-state index in [0.717, 1.165) is 72.0 Å². The highest BCUT2D eigenvalue weighted by Crippen LogP contribution is 2.39. The fourth-order valence-electron chi connectivity index (χ4n) is 6.61. The minimum Gasteiger partial charge on any atom is -0.308 e. The first-order valence-corrected chi connectivity index (χ1v) is 15.6. The molecule has 0 fully saturated rings. The predicted octanol–water partition coefficient (Wildman–Crippen LogP) is 11.2. The van der Waals surface area contributed by atoms with Crippen molar-refractivity contribution in [1.82, 2.24) is 4.57 Å². The van der Waals surface area contributed by atoms with Crippen molar-refractivity contribution in [3.8, 4) is 62.3 Å². The van der Waals surface area contributed by atoms with Gasteiger partial charge in [0.1, 0.15) is 6.07 Å². The van der Waals surface area contributed by atoms with Crippen molar-refractivity contribution in [2.24, 2.45) is 0 Å². The Morgan fingerprint density at radius 2 is 0.915 bits per heavy atom. The maximum atomic E-state index is 10.4. The zero-order valence-corrected chi connectivity index (χ0v) is 25.4. The first-order chi connectivity index (χ1) is 23.2. The molecular weight excluding hydrogens is 571 g/mol. The molecule has 0 amide bonds. The number of benzene rings is 7. The van der Waals surface area contributed by atoms with Crippen molar-refractivity contribution in [2.45, 2.75) is 0 Å². The smallest absolute Gasteiger partial charge is 0.101 e. The van der Waals surface area contributed by atoms with Crippen LogP contribution in [0.4, 0.5) is 0 Å². The fourth-order valence-corrected chi connectivity index (χ4v) is 6.61. The third-order valence-electron chi connectivity index (χ3n) is 8.87. The minimum atomic E-state index is 0.595. The van der Waals surface area contributed by atoms with Gasteiger partial charge in [-0.3, -0.25) is 0 Å². The summed E-state index contributed by atoms with van der Waals surface area (Å²) in [6, 6.07) is 60.9. The molecule has 7 aromatic carbocycles. The van der Waals surface area contributed by atoms with E-state index < -0.39 is 0 Å². The van der Waals surface area contributed by atoms with E-state index in [1.54, 1.807) is 0 Å². The van der Waals surface area contributed by atoms with Crippen LogP contribution in [0.15, 0.2) is 164 Å². The highest BCUT2D eigenvalue weighted by Gasteiger charge is 2.18. The van der Waals surface area contributed by atoms with E-state index in [4.69, 9.17) is 0 Å². The zero-order chi connectivity index (χ0) is 31.7. The first kappa shape index (κ1) is 27.8. The molecule has 0 unspecified atom stereocenters. The molecular formula is C44H27N3. The Bertz CT molecular complexity index is 2470. The van der Waals surface area contributed by atoms with Crippen molar-refractivity contribution in [1.29, 1.82) is 10.5 Å². The lowest BCUT2D eigenvalue weighted by Gasteiger charge is -2.15. The summed E-state index contributed by atoms with van der Waals surface area (Å²) in [6.07, 6.45) is 0. The lowest BCUT2D eigenvalue weighted by molar-refractivity contribution is 1.17. The molecule has 8 rings (SSSR count). The van der Waals surface area contributed by atoms with Crippen molar-refractivity contribution >= 4 is 21.8 Å². The molecule has 0 aliphatic rings. The van der Waals surface area contributed by atoms with Crippen LogP contribution in [0.3, 0.4) is 0 Å². The summed E-state index contributed by atoms with van der Waals surface area (Å²) in [6.45, 7) is 0. The molecule has 0 saturated heterocycles. The summed E-state index contributed by atoms with van der Waals surface area (Å²) in [4.78, 5) is 0. The van der Waals surface area contributed by atoms with E-state index >= 15 is 0 Å². The molecule has 0 spiro atoms. The van der Waals surface area contributed by atoms with E-state index in [-0.39, 0.29) is 0 Å². The summed E-state index contributed by atoms with van der Waals surface area (Å²) < 4.78 is 2.20. The van der Waals surface area contributed by atoms with Gasteiger partial charge in [0.05, 0.1) is 33.9 Å². The van der Waals surface area contributed by atoms with E-state index in [9.17, 15) is 10.5 Å². The summed E-state index contributed by atoms with van der Waals surface area (Å²) in [5, 5.41) is 22.3. The molecule has 0 bridgehead atoms. The highest BCUT2D eigenvalue weighted by molar-refractivity contribution is 6.10. The molecule has 3 nitrogen and oxygen atoms in total. The second-order valence-corrected chi connectivity index (χ2v) is 11.6. The number of hydrogen-bond donors (Lipinski definition) is 0. The van der Waals surface area contributed by atoms with Gasteiger partial charge in [-0.25, -0.2) is 0 Å². The van der Waals surface area contributed by atoms with Gasteiger partial charge in [0.15, 0.2) is 0 Å².